The molecule has 3 heterocycles. The van der Waals surface area contributed by atoms with Crippen molar-refractivity contribution in [1.29, 1.82) is 0 Å². The van der Waals surface area contributed by atoms with Crippen LogP contribution in [0.5, 0.6) is 0 Å². The third-order valence-corrected chi connectivity index (χ3v) is 6.23. The topological polar surface area (TPSA) is 56.8 Å². The molecule has 1 aromatic heterocycles. The quantitative estimate of drug-likeness (QED) is 0.606. The highest BCUT2D eigenvalue weighted by Gasteiger charge is 2.36. The summed E-state index contributed by atoms with van der Waals surface area (Å²) in [5.74, 6) is -0.644. The first kappa shape index (κ1) is 23.1. The van der Waals surface area contributed by atoms with E-state index in [2.05, 4.69) is 16.8 Å². The Kier molecular flexibility index (Phi) is 6.58. The fourth-order valence-electron chi connectivity index (χ4n) is 4.40. The van der Waals surface area contributed by atoms with Gasteiger partial charge in [-0.1, -0.05) is 31.9 Å². The standard InChI is InChI=1S/C24H27F3N4O2/c1-2-3-6-9-31-16-17-14-18(15-28-21(17)23(31)33)29-10-12-30(13-11-29)22(32)19-7-4-5-8-20(19)24(25,26)27/h4-5,7-8,14-15H,2-3,6,9-13,16H2,1H3. The van der Waals surface area contributed by atoms with Gasteiger partial charge in [-0.2, -0.15) is 13.2 Å². The second kappa shape index (κ2) is 9.41. The molecule has 6 nitrogen and oxygen atoms in total. The average molecular weight is 461 g/mol. The van der Waals surface area contributed by atoms with Gasteiger partial charge >= 0.3 is 6.18 Å². The number of unbranched alkanes of at least 4 members (excludes halogenated alkanes) is 2. The molecular weight excluding hydrogens is 433 g/mol. The number of anilines is 1. The molecule has 2 aromatic rings. The molecule has 2 amide bonds. The SMILES string of the molecule is CCCCCN1Cc2cc(N3CCN(C(=O)c4ccccc4C(F)(F)F)CC3)cnc2C1=O. The van der Waals surface area contributed by atoms with Crippen molar-refractivity contribution in [2.45, 2.75) is 38.9 Å². The summed E-state index contributed by atoms with van der Waals surface area (Å²) in [7, 11) is 0. The second-order valence-corrected chi connectivity index (χ2v) is 8.46. The van der Waals surface area contributed by atoms with Crippen molar-refractivity contribution in [3.8, 4) is 0 Å². The molecule has 9 heteroatoms. The van der Waals surface area contributed by atoms with Gasteiger partial charge in [0.1, 0.15) is 5.69 Å². The number of piperazine rings is 1. The van der Waals surface area contributed by atoms with Gasteiger partial charge in [-0.25, -0.2) is 4.98 Å². The predicted octanol–water partition coefficient (Wildman–Crippen LogP) is 4.21. The number of halogens is 3. The molecule has 0 bridgehead atoms. The van der Waals surface area contributed by atoms with E-state index in [1.165, 1.54) is 23.1 Å². The van der Waals surface area contributed by atoms with Gasteiger partial charge in [-0.3, -0.25) is 9.59 Å². The van der Waals surface area contributed by atoms with Crippen LogP contribution < -0.4 is 4.90 Å². The van der Waals surface area contributed by atoms with E-state index >= 15 is 0 Å². The maximum absolute atomic E-state index is 13.3. The number of hydrogen-bond donors (Lipinski definition) is 0. The van der Waals surface area contributed by atoms with E-state index in [0.29, 0.717) is 38.4 Å². The lowest BCUT2D eigenvalue weighted by atomic mass is 10.1. The lowest BCUT2D eigenvalue weighted by molar-refractivity contribution is -0.138. The number of amides is 2. The van der Waals surface area contributed by atoms with Gasteiger partial charge in [-0.05, 0) is 24.6 Å². The molecule has 1 saturated heterocycles. The van der Waals surface area contributed by atoms with Gasteiger partial charge < -0.3 is 14.7 Å². The number of carbonyl (C=O) groups excluding carboxylic acids is 2. The van der Waals surface area contributed by atoms with E-state index in [-0.39, 0.29) is 11.5 Å². The number of pyridine rings is 1. The van der Waals surface area contributed by atoms with E-state index in [1.807, 2.05) is 11.0 Å². The molecule has 0 atom stereocenters. The number of benzene rings is 1. The zero-order valence-corrected chi connectivity index (χ0v) is 18.6. The Labute approximate surface area is 191 Å². The zero-order chi connectivity index (χ0) is 23.6. The second-order valence-electron chi connectivity index (χ2n) is 8.46. The Morgan fingerprint density at radius 2 is 1.82 bits per heavy atom. The Hall–Kier alpha value is -3.10. The Balaban J connectivity index is 1.40. The summed E-state index contributed by atoms with van der Waals surface area (Å²) in [6.45, 7) is 4.97. The van der Waals surface area contributed by atoms with Crippen LogP contribution in [0.1, 0.15) is 58.2 Å². The lowest BCUT2D eigenvalue weighted by Gasteiger charge is -2.36. The molecule has 2 aliphatic heterocycles. The van der Waals surface area contributed by atoms with Gasteiger partial charge in [0, 0.05) is 44.8 Å². The van der Waals surface area contributed by atoms with Crippen molar-refractivity contribution in [2.75, 3.05) is 37.6 Å². The van der Waals surface area contributed by atoms with Crippen LogP contribution in [0.15, 0.2) is 36.5 Å². The van der Waals surface area contributed by atoms with Crippen LogP contribution in [-0.4, -0.2) is 59.3 Å². The molecule has 2 aliphatic rings. The Morgan fingerprint density at radius 3 is 2.52 bits per heavy atom. The van der Waals surface area contributed by atoms with Crippen LogP contribution in [0.3, 0.4) is 0 Å². The molecule has 33 heavy (non-hydrogen) atoms. The van der Waals surface area contributed by atoms with E-state index in [0.717, 1.165) is 43.1 Å². The van der Waals surface area contributed by atoms with Crippen LogP contribution in [-0.2, 0) is 12.7 Å². The van der Waals surface area contributed by atoms with Crippen LogP contribution in [0.2, 0.25) is 0 Å². The van der Waals surface area contributed by atoms with Gasteiger partial charge in [0.15, 0.2) is 0 Å². The highest BCUT2D eigenvalue weighted by Crippen LogP contribution is 2.33. The normalized spacial score (nSPS) is 16.4. The van der Waals surface area contributed by atoms with E-state index in [1.54, 1.807) is 6.20 Å². The number of hydrogen-bond acceptors (Lipinski definition) is 4. The minimum Gasteiger partial charge on any atom is -0.367 e. The summed E-state index contributed by atoms with van der Waals surface area (Å²) >= 11 is 0. The number of fused-ring (bicyclic) bond motifs is 1. The van der Waals surface area contributed by atoms with E-state index in [4.69, 9.17) is 0 Å². The van der Waals surface area contributed by atoms with Crippen molar-refractivity contribution >= 4 is 17.5 Å². The maximum atomic E-state index is 13.3. The minimum atomic E-state index is -4.58. The third-order valence-electron chi connectivity index (χ3n) is 6.23. The largest absolute Gasteiger partial charge is 0.417 e. The fourth-order valence-corrected chi connectivity index (χ4v) is 4.40. The van der Waals surface area contributed by atoms with Crippen molar-refractivity contribution < 1.29 is 22.8 Å². The van der Waals surface area contributed by atoms with Crippen LogP contribution in [0, 0.1) is 0 Å². The van der Waals surface area contributed by atoms with Crippen LogP contribution >= 0.6 is 0 Å². The summed E-state index contributed by atoms with van der Waals surface area (Å²) in [5.41, 5.74) is 1.02. The Bertz CT molecular complexity index is 1030. The highest BCUT2D eigenvalue weighted by molar-refractivity contribution is 5.97. The lowest BCUT2D eigenvalue weighted by Crippen LogP contribution is -2.49. The van der Waals surface area contributed by atoms with E-state index < -0.39 is 17.6 Å². The smallest absolute Gasteiger partial charge is 0.367 e. The van der Waals surface area contributed by atoms with Gasteiger partial charge in [0.05, 0.1) is 23.0 Å². The summed E-state index contributed by atoms with van der Waals surface area (Å²) in [4.78, 5) is 35.1. The molecule has 0 spiro atoms. The maximum Gasteiger partial charge on any atom is 0.417 e. The molecule has 0 aliphatic carbocycles. The van der Waals surface area contributed by atoms with E-state index in [9.17, 15) is 22.8 Å². The molecule has 1 aromatic carbocycles. The summed E-state index contributed by atoms with van der Waals surface area (Å²) in [5, 5.41) is 0. The fraction of sp³-hybridized carbons (Fsp3) is 0.458. The van der Waals surface area contributed by atoms with Crippen LogP contribution in [0.25, 0.3) is 0 Å². The highest BCUT2D eigenvalue weighted by atomic mass is 19.4. The molecule has 0 saturated carbocycles. The predicted molar refractivity (Wildman–Crippen MR) is 118 cm³/mol. The first-order chi connectivity index (χ1) is 15.8. The van der Waals surface area contributed by atoms with Crippen molar-refractivity contribution in [2.24, 2.45) is 0 Å². The van der Waals surface area contributed by atoms with Gasteiger partial charge in [0.2, 0.25) is 0 Å². The molecule has 1 fully saturated rings. The molecular formula is C24H27F3N4O2. The van der Waals surface area contributed by atoms with Crippen LogP contribution in [0.4, 0.5) is 18.9 Å². The Morgan fingerprint density at radius 1 is 1.09 bits per heavy atom. The average Bonchev–Trinajstić information content (AvgIpc) is 3.13. The monoisotopic (exact) mass is 460 g/mol. The molecule has 0 radical (unpaired) electrons. The molecule has 4 rings (SSSR count). The first-order valence-electron chi connectivity index (χ1n) is 11.3. The number of carbonyl (C=O) groups is 2. The number of aromatic nitrogens is 1. The third kappa shape index (κ3) is 4.82. The number of rotatable bonds is 6. The zero-order valence-electron chi connectivity index (χ0n) is 18.6. The molecule has 0 unspecified atom stereocenters. The summed E-state index contributed by atoms with van der Waals surface area (Å²) in [6.07, 6.45) is 0.230. The molecule has 176 valence electrons. The van der Waals surface area contributed by atoms with Gasteiger partial charge in [0.25, 0.3) is 11.8 Å². The number of alkyl halides is 3. The summed E-state index contributed by atoms with van der Waals surface area (Å²) in [6, 6.07) is 6.87. The minimum absolute atomic E-state index is 0.0357. The summed E-state index contributed by atoms with van der Waals surface area (Å²) < 4.78 is 39.9. The molecule has 0 N–H and O–H groups in total. The van der Waals surface area contributed by atoms with Crippen molar-refractivity contribution in [1.82, 2.24) is 14.8 Å². The van der Waals surface area contributed by atoms with Crippen molar-refractivity contribution in [3.63, 3.8) is 0 Å². The number of nitrogens with zero attached hydrogens (tertiary/aromatic N) is 4. The first-order valence-corrected chi connectivity index (χ1v) is 11.3. The van der Waals surface area contributed by atoms with Gasteiger partial charge in [-0.15, -0.1) is 0 Å². The van der Waals surface area contributed by atoms with Crippen molar-refractivity contribution in [3.05, 3.63) is 58.9 Å².